The van der Waals surface area contributed by atoms with Crippen molar-refractivity contribution in [2.75, 3.05) is 0 Å². The van der Waals surface area contributed by atoms with Crippen molar-refractivity contribution in [3.8, 4) is 12.1 Å². The van der Waals surface area contributed by atoms with Crippen molar-refractivity contribution in [2.24, 2.45) is 50.2 Å². The molecule has 1 N–H and O–H groups in total. The second-order valence-corrected chi connectivity index (χ2v) is 15.4. The molecule has 5 aliphatic carbocycles. The van der Waals surface area contributed by atoms with Crippen molar-refractivity contribution < 1.29 is 14.6 Å². The molecule has 0 bridgehead atoms. The highest BCUT2D eigenvalue weighted by Gasteiger charge is 2.82. The number of allylic oxidation sites excluding steroid dienone is 1. The summed E-state index contributed by atoms with van der Waals surface area (Å²) in [4.78, 5) is 14.3. The number of rotatable bonds is 0. The van der Waals surface area contributed by atoms with Crippen LogP contribution in [0.2, 0.25) is 0 Å². The normalized spacial score (nSPS) is 55.8. The van der Waals surface area contributed by atoms with E-state index in [1.54, 1.807) is 0 Å². The van der Waals surface area contributed by atoms with E-state index >= 15 is 0 Å². The Morgan fingerprint density at radius 1 is 0.972 bits per heavy atom. The SMILES string of the molecule is CC1(C)CC[C@]2(C#N)CC[C@]3(C)C(C(=O)C=C4[C@@]5(C)[C@H]6O[C@@]6(C#N)C(O)C(C)(C)[C@@H]5CC[C@]43C)C2C1. The summed E-state index contributed by atoms with van der Waals surface area (Å²) < 4.78 is 6.17. The minimum absolute atomic E-state index is 0.0812. The number of ether oxygens (including phenoxy) is 1. The summed E-state index contributed by atoms with van der Waals surface area (Å²) in [6, 6.07) is 5.09. The zero-order valence-electron chi connectivity index (χ0n) is 23.1. The van der Waals surface area contributed by atoms with Gasteiger partial charge in [0.2, 0.25) is 5.60 Å². The minimum Gasteiger partial charge on any atom is -0.388 e. The molecule has 1 heterocycles. The van der Waals surface area contributed by atoms with Crippen LogP contribution >= 0.6 is 0 Å². The molecule has 36 heavy (non-hydrogen) atoms. The van der Waals surface area contributed by atoms with Crippen molar-refractivity contribution in [1.82, 2.24) is 0 Å². The Morgan fingerprint density at radius 3 is 2.28 bits per heavy atom. The van der Waals surface area contributed by atoms with Crippen LogP contribution in [0, 0.1) is 72.9 Å². The predicted molar refractivity (Wildman–Crippen MR) is 135 cm³/mol. The second kappa shape index (κ2) is 6.65. The van der Waals surface area contributed by atoms with Crippen LogP contribution in [0.25, 0.3) is 0 Å². The van der Waals surface area contributed by atoms with Gasteiger partial charge in [0.1, 0.15) is 18.3 Å². The molecule has 4 saturated carbocycles. The number of hydrogen-bond acceptors (Lipinski definition) is 5. The Labute approximate surface area is 216 Å². The van der Waals surface area contributed by atoms with Crippen LogP contribution in [0.3, 0.4) is 0 Å². The Balaban J connectivity index is 1.52. The van der Waals surface area contributed by atoms with E-state index in [0.29, 0.717) is 0 Å². The van der Waals surface area contributed by atoms with Crippen LogP contribution in [0.4, 0.5) is 0 Å². The maximum atomic E-state index is 14.3. The lowest BCUT2D eigenvalue weighted by Gasteiger charge is -2.69. The fourth-order valence-corrected chi connectivity index (χ4v) is 10.9. The lowest BCUT2D eigenvalue weighted by atomic mass is 9.33. The van der Waals surface area contributed by atoms with Gasteiger partial charge in [0.15, 0.2) is 5.78 Å². The van der Waals surface area contributed by atoms with Crippen LogP contribution in [-0.4, -0.2) is 28.7 Å². The molecule has 0 radical (unpaired) electrons. The average Bonchev–Trinajstić information content (AvgIpc) is 3.56. The quantitative estimate of drug-likeness (QED) is 0.437. The number of epoxide rings is 1. The number of fused-ring (bicyclic) bond motifs is 9. The Morgan fingerprint density at radius 2 is 1.64 bits per heavy atom. The molecule has 194 valence electrons. The number of carbonyl (C=O) groups is 1. The molecule has 0 aromatic heterocycles. The highest BCUT2D eigenvalue weighted by atomic mass is 16.6. The largest absolute Gasteiger partial charge is 0.388 e. The van der Waals surface area contributed by atoms with E-state index < -0.39 is 34.1 Å². The van der Waals surface area contributed by atoms with Gasteiger partial charge in [-0.3, -0.25) is 4.79 Å². The molecule has 0 aromatic rings. The molecular weight excluding hydrogens is 448 g/mol. The van der Waals surface area contributed by atoms with E-state index in [1.165, 1.54) is 0 Å². The van der Waals surface area contributed by atoms with Crippen LogP contribution < -0.4 is 0 Å². The fourth-order valence-electron chi connectivity index (χ4n) is 10.9. The van der Waals surface area contributed by atoms with E-state index in [2.05, 4.69) is 60.6 Å². The smallest absolute Gasteiger partial charge is 0.207 e. The highest BCUT2D eigenvalue weighted by molar-refractivity contribution is 5.95. The van der Waals surface area contributed by atoms with Gasteiger partial charge in [0.25, 0.3) is 0 Å². The third kappa shape index (κ3) is 2.47. The zero-order chi connectivity index (χ0) is 26.3. The lowest BCUT2D eigenvalue weighted by Crippen LogP contribution is -2.67. The van der Waals surface area contributed by atoms with Gasteiger partial charge in [-0.2, -0.15) is 10.5 Å². The van der Waals surface area contributed by atoms with Crippen molar-refractivity contribution in [1.29, 1.82) is 10.5 Å². The molecule has 0 aromatic carbocycles. The summed E-state index contributed by atoms with van der Waals surface area (Å²) in [7, 11) is 0. The number of carbonyl (C=O) groups excluding carboxylic acids is 1. The van der Waals surface area contributed by atoms with Crippen molar-refractivity contribution in [3.63, 3.8) is 0 Å². The summed E-state index contributed by atoms with van der Waals surface area (Å²) in [5.74, 6) is 0.234. The van der Waals surface area contributed by atoms with E-state index in [4.69, 9.17) is 4.74 Å². The van der Waals surface area contributed by atoms with E-state index in [-0.39, 0.29) is 39.8 Å². The first-order valence-corrected chi connectivity index (χ1v) is 14.0. The molecule has 5 nitrogen and oxygen atoms in total. The third-order valence-corrected chi connectivity index (χ3v) is 13.2. The summed E-state index contributed by atoms with van der Waals surface area (Å²) >= 11 is 0. The van der Waals surface area contributed by atoms with Gasteiger partial charge in [0.05, 0.1) is 11.5 Å². The number of hydrogen-bond donors (Lipinski definition) is 1. The van der Waals surface area contributed by atoms with Crippen molar-refractivity contribution in [2.45, 2.75) is 111 Å². The maximum Gasteiger partial charge on any atom is 0.207 e. The van der Waals surface area contributed by atoms with E-state index in [9.17, 15) is 20.4 Å². The number of aliphatic hydroxyl groups excluding tert-OH is 1. The average molecular weight is 491 g/mol. The van der Waals surface area contributed by atoms with Gasteiger partial charge >= 0.3 is 0 Å². The van der Waals surface area contributed by atoms with E-state index in [0.717, 1.165) is 50.5 Å². The molecule has 0 spiro atoms. The van der Waals surface area contributed by atoms with Crippen LogP contribution in [-0.2, 0) is 9.53 Å². The first kappa shape index (κ1) is 24.6. The summed E-state index contributed by atoms with van der Waals surface area (Å²) in [5, 5.41) is 31.8. The Bertz CT molecular complexity index is 1170. The summed E-state index contributed by atoms with van der Waals surface area (Å²) in [5.41, 5.74) is -1.75. The third-order valence-electron chi connectivity index (χ3n) is 13.2. The van der Waals surface area contributed by atoms with Gasteiger partial charge in [-0.25, -0.2) is 0 Å². The molecule has 10 atom stereocenters. The zero-order valence-corrected chi connectivity index (χ0v) is 23.1. The number of ketones is 1. The topological polar surface area (TPSA) is 97.4 Å². The standard InChI is InChI=1S/C31H42N2O3/c1-25(2)10-12-30(16-32)13-11-28(6)22(18(30)15-25)19(34)14-21-27(28,5)9-8-20-26(3,4)23(35)31(17-33)24(36-31)29(20,21)7/h14,18,20,22-24,35H,8-13,15H2,1-7H3/t18?,20-,22?,23?,24+,27+,28+,29-,30+,31-/m0/s1. The first-order valence-electron chi connectivity index (χ1n) is 14.0. The Hall–Kier alpha value is -1.69. The molecule has 1 aliphatic heterocycles. The molecule has 5 fully saturated rings. The fraction of sp³-hybridized carbons (Fsp3) is 0.839. The van der Waals surface area contributed by atoms with Gasteiger partial charge in [-0.1, -0.05) is 54.0 Å². The number of nitrogens with zero attached hydrogens (tertiary/aromatic N) is 2. The van der Waals surface area contributed by atoms with Crippen molar-refractivity contribution in [3.05, 3.63) is 11.6 Å². The monoisotopic (exact) mass is 490 g/mol. The molecule has 1 saturated heterocycles. The van der Waals surface area contributed by atoms with Crippen LogP contribution in [0.1, 0.15) is 93.4 Å². The van der Waals surface area contributed by atoms with Crippen LogP contribution in [0.5, 0.6) is 0 Å². The maximum absolute atomic E-state index is 14.3. The van der Waals surface area contributed by atoms with Crippen LogP contribution in [0.15, 0.2) is 11.6 Å². The molecule has 5 heteroatoms. The lowest BCUT2D eigenvalue weighted by molar-refractivity contribution is -0.170. The van der Waals surface area contributed by atoms with Gasteiger partial charge in [-0.05, 0) is 84.5 Å². The molecule has 0 amide bonds. The number of aliphatic hydroxyl groups is 1. The minimum atomic E-state index is -1.19. The summed E-state index contributed by atoms with van der Waals surface area (Å²) in [6.07, 6.45) is 7.20. The predicted octanol–water partition coefficient (Wildman–Crippen LogP) is 5.73. The van der Waals surface area contributed by atoms with Gasteiger partial charge < -0.3 is 9.84 Å². The van der Waals surface area contributed by atoms with Crippen molar-refractivity contribution >= 4 is 5.78 Å². The molecule has 6 aliphatic rings. The second-order valence-electron chi connectivity index (χ2n) is 15.4. The Kier molecular flexibility index (Phi) is 4.55. The summed E-state index contributed by atoms with van der Waals surface area (Å²) in [6.45, 7) is 15.6. The first-order chi connectivity index (χ1) is 16.6. The molecular formula is C31H42N2O3. The van der Waals surface area contributed by atoms with E-state index in [1.807, 2.05) is 6.08 Å². The van der Waals surface area contributed by atoms with Gasteiger partial charge in [0, 0.05) is 11.3 Å². The highest BCUT2D eigenvalue weighted by Crippen LogP contribution is 2.78. The van der Waals surface area contributed by atoms with Gasteiger partial charge in [-0.15, -0.1) is 0 Å². The molecule has 6 rings (SSSR count). The number of nitriles is 2. The molecule has 3 unspecified atom stereocenters.